The smallest absolute Gasteiger partial charge is 0.351 e. The molecule has 12 heavy (non-hydrogen) atoms. The molecule has 0 amide bonds. The summed E-state index contributed by atoms with van der Waals surface area (Å²) < 4.78 is 9.11. The van der Waals surface area contributed by atoms with Crippen LogP contribution in [0.2, 0.25) is 0 Å². The fourth-order valence-corrected chi connectivity index (χ4v) is 0.853. The standard InChI is InChI=1S/C7H6BrNO3/c1-11-6-3-2-5(4-9-6)7(10)12-8/h2-4H,1H3. The fraction of sp³-hybridized carbons (Fsp3) is 0.143. The summed E-state index contributed by atoms with van der Waals surface area (Å²) in [5, 5.41) is 0. The highest BCUT2D eigenvalue weighted by molar-refractivity contribution is 9.06. The van der Waals surface area contributed by atoms with Gasteiger partial charge in [-0.3, -0.25) is 0 Å². The molecule has 0 aliphatic carbocycles. The third kappa shape index (κ3) is 1.94. The van der Waals surface area contributed by atoms with Crippen molar-refractivity contribution in [2.75, 3.05) is 7.11 Å². The molecule has 0 aliphatic heterocycles. The molecule has 1 rings (SSSR count). The van der Waals surface area contributed by atoms with Gasteiger partial charge in [-0.15, -0.1) is 0 Å². The minimum atomic E-state index is -0.481. The second-order valence-corrected chi connectivity index (χ2v) is 2.28. The first-order chi connectivity index (χ1) is 5.77. The maximum absolute atomic E-state index is 10.9. The van der Waals surface area contributed by atoms with E-state index in [0.717, 1.165) is 0 Å². The molecule has 0 radical (unpaired) electrons. The van der Waals surface area contributed by atoms with Crippen molar-refractivity contribution in [1.29, 1.82) is 0 Å². The normalized spacial score (nSPS) is 9.17. The summed E-state index contributed by atoms with van der Waals surface area (Å²) in [7, 11) is 1.50. The topological polar surface area (TPSA) is 48.4 Å². The van der Waals surface area contributed by atoms with Crippen LogP contribution in [0.15, 0.2) is 18.3 Å². The highest BCUT2D eigenvalue weighted by atomic mass is 79.9. The maximum Gasteiger partial charge on any atom is 0.351 e. The Labute approximate surface area is 78.0 Å². The van der Waals surface area contributed by atoms with Crippen molar-refractivity contribution in [1.82, 2.24) is 4.98 Å². The lowest BCUT2D eigenvalue weighted by Crippen LogP contribution is -1.98. The Morgan fingerprint density at radius 1 is 1.58 bits per heavy atom. The molecule has 0 fully saturated rings. The third-order valence-corrected chi connectivity index (χ3v) is 1.55. The minimum Gasteiger partial charge on any atom is -0.481 e. The quantitative estimate of drug-likeness (QED) is 0.776. The van der Waals surface area contributed by atoms with Crippen LogP contribution in [-0.2, 0) is 3.83 Å². The second kappa shape index (κ2) is 4.06. The molecule has 4 nitrogen and oxygen atoms in total. The maximum atomic E-state index is 10.9. The van der Waals surface area contributed by atoms with E-state index in [1.165, 1.54) is 13.3 Å². The van der Waals surface area contributed by atoms with Crippen molar-refractivity contribution >= 4 is 22.2 Å². The molecule has 0 aromatic carbocycles. The summed E-state index contributed by atoms with van der Waals surface area (Å²) in [6, 6.07) is 3.15. The number of aromatic nitrogens is 1. The van der Waals surface area contributed by atoms with Crippen LogP contribution >= 0.6 is 16.3 Å². The number of carbonyl (C=O) groups is 1. The van der Waals surface area contributed by atoms with Crippen molar-refractivity contribution in [3.63, 3.8) is 0 Å². The van der Waals surface area contributed by atoms with E-state index in [0.29, 0.717) is 11.4 Å². The van der Waals surface area contributed by atoms with Crippen LogP contribution in [0.1, 0.15) is 10.4 Å². The van der Waals surface area contributed by atoms with Gasteiger partial charge in [-0.2, -0.15) is 0 Å². The average Bonchev–Trinajstić information content (AvgIpc) is 2.17. The Balaban J connectivity index is 2.84. The molecule has 1 aromatic rings. The van der Waals surface area contributed by atoms with Gasteiger partial charge >= 0.3 is 5.97 Å². The number of carbonyl (C=O) groups excluding carboxylic acids is 1. The Kier molecular flexibility index (Phi) is 3.04. The van der Waals surface area contributed by atoms with Gasteiger partial charge in [0.25, 0.3) is 0 Å². The first kappa shape index (κ1) is 8.99. The molecule has 0 bridgehead atoms. The molecule has 0 spiro atoms. The summed E-state index contributed by atoms with van der Waals surface area (Å²) in [5.41, 5.74) is 0.368. The monoisotopic (exact) mass is 231 g/mol. The summed E-state index contributed by atoms with van der Waals surface area (Å²) in [5.74, 6) is -0.0220. The highest BCUT2D eigenvalue weighted by Crippen LogP contribution is 2.08. The van der Waals surface area contributed by atoms with E-state index in [1.807, 2.05) is 0 Å². The Hall–Kier alpha value is -1.10. The average molecular weight is 232 g/mol. The zero-order chi connectivity index (χ0) is 8.97. The van der Waals surface area contributed by atoms with Crippen LogP contribution in [0.5, 0.6) is 5.88 Å². The van der Waals surface area contributed by atoms with Crippen LogP contribution in [0.3, 0.4) is 0 Å². The van der Waals surface area contributed by atoms with Gasteiger partial charge in [-0.05, 0) is 6.07 Å². The number of pyridine rings is 1. The number of hydrogen-bond acceptors (Lipinski definition) is 4. The Morgan fingerprint density at radius 3 is 2.75 bits per heavy atom. The van der Waals surface area contributed by atoms with Gasteiger partial charge in [0.1, 0.15) is 0 Å². The number of halogens is 1. The van der Waals surface area contributed by atoms with Crippen molar-refractivity contribution in [2.45, 2.75) is 0 Å². The van der Waals surface area contributed by atoms with Gasteiger partial charge in [0, 0.05) is 12.3 Å². The van der Waals surface area contributed by atoms with E-state index in [1.54, 1.807) is 12.1 Å². The molecule has 0 saturated heterocycles. The van der Waals surface area contributed by atoms with Gasteiger partial charge in [0.2, 0.25) is 5.88 Å². The lowest BCUT2D eigenvalue weighted by molar-refractivity contribution is 0.0781. The van der Waals surface area contributed by atoms with Crippen molar-refractivity contribution in [3.8, 4) is 5.88 Å². The van der Waals surface area contributed by atoms with Gasteiger partial charge in [0.15, 0.2) is 16.3 Å². The van der Waals surface area contributed by atoms with Crippen LogP contribution in [0.4, 0.5) is 0 Å². The second-order valence-electron chi connectivity index (χ2n) is 1.95. The summed E-state index contributed by atoms with van der Waals surface area (Å²) >= 11 is 2.58. The largest absolute Gasteiger partial charge is 0.481 e. The summed E-state index contributed by atoms with van der Waals surface area (Å²) in [6.45, 7) is 0. The molecule has 5 heteroatoms. The number of hydrogen-bond donors (Lipinski definition) is 0. The van der Waals surface area contributed by atoms with Gasteiger partial charge in [-0.25, -0.2) is 9.78 Å². The molecule has 64 valence electrons. The van der Waals surface area contributed by atoms with E-state index >= 15 is 0 Å². The van der Waals surface area contributed by atoms with Crippen molar-refractivity contribution in [2.24, 2.45) is 0 Å². The SMILES string of the molecule is COc1ccc(C(=O)OBr)cn1. The molecule has 1 aromatic heterocycles. The van der Waals surface area contributed by atoms with Crippen LogP contribution in [0.25, 0.3) is 0 Å². The number of nitrogens with zero attached hydrogens (tertiary/aromatic N) is 1. The molecule has 0 saturated carbocycles. The summed E-state index contributed by atoms with van der Waals surface area (Å²) in [4.78, 5) is 14.7. The van der Waals surface area contributed by atoms with Gasteiger partial charge in [0.05, 0.1) is 12.7 Å². The zero-order valence-electron chi connectivity index (χ0n) is 6.28. The number of rotatable bonds is 2. The summed E-state index contributed by atoms with van der Waals surface area (Å²) in [6.07, 6.45) is 1.38. The van der Waals surface area contributed by atoms with Crippen LogP contribution in [-0.4, -0.2) is 18.1 Å². The minimum absolute atomic E-state index is 0.368. The number of ether oxygens (including phenoxy) is 1. The molecular weight excluding hydrogens is 226 g/mol. The van der Waals surface area contributed by atoms with E-state index in [9.17, 15) is 4.79 Å². The van der Waals surface area contributed by atoms with Crippen LogP contribution < -0.4 is 4.74 Å². The third-order valence-electron chi connectivity index (χ3n) is 1.25. The lowest BCUT2D eigenvalue weighted by atomic mass is 10.3. The predicted octanol–water partition coefficient (Wildman–Crippen LogP) is 1.56. The van der Waals surface area contributed by atoms with E-state index in [2.05, 4.69) is 25.1 Å². The lowest BCUT2D eigenvalue weighted by Gasteiger charge is -1.98. The predicted molar refractivity (Wildman–Crippen MR) is 45.1 cm³/mol. The first-order valence-corrected chi connectivity index (χ1v) is 3.75. The zero-order valence-corrected chi connectivity index (χ0v) is 7.87. The van der Waals surface area contributed by atoms with Crippen LogP contribution in [0, 0.1) is 0 Å². The number of methoxy groups -OCH3 is 1. The van der Waals surface area contributed by atoms with Gasteiger partial charge < -0.3 is 8.57 Å². The van der Waals surface area contributed by atoms with E-state index < -0.39 is 5.97 Å². The molecule has 0 atom stereocenters. The van der Waals surface area contributed by atoms with Crippen molar-refractivity contribution < 1.29 is 13.4 Å². The fourth-order valence-electron chi connectivity index (χ4n) is 0.666. The first-order valence-electron chi connectivity index (χ1n) is 3.11. The molecular formula is C7H6BrNO3. The molecule has 1 heterocycles. The Morgan fingerprint density at radius 2 is 2.33 bits per heavy atom. The van der Waals surface area contributed by atoms with E-state index in [-0.39, 0.29) is 0 Å². The molecule has 0 aliphatic rings. The van der Waals surface area contributed by atoms with Crippen molar-refractivity contribution in [3.05, 3.63) is 23.9 Å². The van der Waals surface area contributed by atoms with Gasteiger partial charge in [-0.1, -0.05) is 0 Å². The highest BCUT2D eigenvalue weighted by Gasteiger charge is 2.05. The van der Waals surface area contributed by atoms with E-state index in [4.69, 9.17) is 4.74 Å². The molecule has 0 N–H and O–H groups in total. The molecule has 0 unspecified atom stereocenters. The Bertz CT molecular complexity index is 272.